The van der Waals surface area contributed by atoms with Gasteiger partial charge in [-0.3, -0.25) is 0 Å². The van der Waals surface area contributed by atoms with Crippen LogP contribution >= 0.6 is 27.5 Å². The molecule has 1 fully saturated rings. The minimum Gasteiger partial charge on any atom is -0.316 e. The van der Waals surface area contributed by atoms with Crippen LogP contribution in [0.3, 0.4) is 0 Å². The standard InChI is InChI=1S/C11H11BrClN3/c12-10-9-5-8(13)2-4-16(9)11(15-10)7-1-3-14-6-7/h2,4-5,7,14H,1,3,6H2. The summed E-state index contributed by atoms with van der Waals surface area (Å²) in [6.45, 7) is 2.08. The smallest absolute Gasteiger partial charge is 0.132 e. The zero-order valence-electron chi connectivity index (χ0n) is 8.58. The van der Waals surface area contributed by atoms with Gasteiger partial charge in [0.15, 0.2) is 0 Å². The van der Waals surface area contributed by atoms with Crippen molar-refractivity contribution in [3.8, 4) is 0 Å². The molecule has 2 aromatic rings. The van der Waals surface area contributed by atoms with E-state index in [1.54, 1.807) is 0 Å². The van der Waals surface area contributed by atoms with E-state index in [1.165, 1.54) is 0 Å². The van der Waals surface area contributed by atoms with Crippen LogP contribution in [0, 0.1) is 0 Å². The molecule has 0 aromatic carbocycles. The predicted molar refractivity (Wildman–Crippen MR) is 68.1 cm³/mol. The first-order valence-corrected chi connectivity index (χ1v) is 6.46. The van der Waals surface area contributed by atoms with Gasteiger partial charge in [0, 0.05) is 23.7 Å². The maximum atomic E-state index is 5.99. The Bertz CT molecular complexity index is 531. The number of halogens is 2. The molecule has 3 nitrogen and oxygen atoms in total. The molecule has 0 aliphatic carbocycles. The Morgan fingerprint density at radius 2 is 2.44 bits per heavy atom. The summed E-state index contributed by atoms with van der Waals surface area (Å²) in [6.07, 6.45) is 3.14. The van der Waals surface area contributed by atoms with Gasteiger partial charge in [-0.05, 0) is 41.0 Å². The Hall–Kier alpha value is -0.580. The van der Waals surface area contributed by atoms with Crippen LogP contribution in [-0.2, 0) is 0 Å². The van der Waals surface area contributed by atoms with Crippen molar-refractivity contribution in [2.24, 2.45) is 0 Å². The molecule has 1 aliphatic rings. The highest BCUT2D eigenvalue weighted by Crippen LogP contribution is 2.28. The van der Waals surface area contributed by atoms with Gasteiger partial charge in [0.05, 0.1) is 5.52 Å². The van der Waals surface area contributed by atoms with Crippen molar-refractivity contribution in [2.45, 2.75) is 12.3 Å². The van der Waals surface area contributed by atoms with Gasteiger partial charge in [-0.1, -0.05) is 11.6 Å². The fraction of sp³-hybridized carbons (Fsp3) is 0.364. The van der Waals surface area contributed by atoms with Gasteiger partial charge in [0.2, 0.25) is 0 Å². The van der Waals surface area contributed by atoms with Gasteiger partial charge in [0.1, 0.15) is 10.4 Å². The molecule has 2 aromatic heterocycles. The molecule has 1 atom stereocenters. The van der Waals surface area contributed by atoms with Crippen LogP contribution in [0.25, 0.3) is 5.52 Å². The van der Waals surface area contributed by atoms with Crippen LogP contribution in [0.1, 0.15) is 18.2 Å². The summed E-state index contributed by atoms with van der Waals surface area (Å²) in [4.78, 5) is 4.59. The van der Waals surface area contributed by atoms with Gasteiger partial charge in [-0.15, -0.1) is 0 Å². The SMILES string of the molecule is Clc1ccn2c(C3CCNC3)nc(Br)c2c1. The molecule has 0 bridgehead atoms. The molecule has 0 amide bonds. The lowest BCUT2D eigenvalue weighted by molar-refractivity contribution is 0.698. The summed E-state index contributed by atoms with van der Waals surface area (Å²) in [5, 5.41) is 4.10. The number of imidazole rings is 1. The number of hydrogen-bond donors (Lipinski definition) is 1. The number of nitrogens with zero attached hydrogens (tertiary/aromatic N) is 2. The van der Waals surface area contributed by atoms with Crippen molar-refractivity contribution in [1.82, 2.24) is 14.7 Å². The summed E-state index contributed by atoms with van der Waals surface area (Å²) in [7, 11) is 0. The normalized spacial score (nSPS) is 20.8. The minimum absolute atomic E-state index is 0.500. The van der Waals surface area contributed by atoms with E-state index in [0.717, 1.165) is 40.5 Å². The molecular formula is C11H11BrClN3. The molecular weight excluding hydrogens is 289 g/mol. The number of hydrogen-bond acceptors (Lipinski definition) is 2. The van der Waals surface area contributed by atoms with E-state index in [0.29, 0.717) is 5.92 Å². The number of fused-ring (bicyclic) bond motifs is 1. The number of aromatic nitrogens is 2. The van der Waals surface area contributed by atoms with Crippen LogP contribution in [-0.4, -0.2) is 22.5 Å². The molecule has 84 valence electrons. The molecule has 0 radical (unpaired) electrons. The summed E-state index contributed by atoms with van der Waals surface area (Å²) in [5.74, 6) is 1.61. The molecule has 1 saturated heterocycles. The highest BCUT2D eigenvalue weighted by molar-refractivity contribution is 9.10. The molecule has 3 heterocycles. The fourth-order valence-corrected chi connectivity index (χ4v) is 2.85. The summed E-state index contributed by atoms with van der Waals surface area (Å²) < 4.78 is 2.99. The summed E-state index contributed by atoms with van der Waals surface area (Å²) in [6, 6.07) is 3.83. The van der Waals surface area contributed by atoms with Gasteiger partial charge in [-0.2, -0.15) is 0 Å². The maximum Gasteiger partial charge on any atom is 0.132 e. The molecule has 1 N–H and O–H groups in total. The van der Waals surface area contributed by atoms with Crippen LogP contribution in [0.2, 0.25) is 5.02 Å². The molecule has 16 heavy (non-hydrogen) atoms. The Morgan fingerprint density at radius 1 is 1.56 bits per heavy atom. The average Bonchev–Trinajstić information content (AvgIpc) is 2.87. The Morgan fingerprint density at radius 3 is 3.19 bits per heavy atom. The number of nitrogens with one attached hydrogen (secondary N) is 1. The van der Waals surface area contributed by atoms with Gasteiger partial charge < -0.3 is 9.72 Å². The lowest BCUT2D eigenvalue weighted by atomic mass is 10.1. The number of pyridine rings is 1. The topological polar surface area (TPSA) is 29.3 Å². The minimum atomic E-state index is 0.500. The first-order chi connectivity index (χ1) is 7.75. The number of rotatable bonds is 1. The third-order valence-electron chi connectivity index (χ3n) is 3.01. The molecule has 1 aliphatic heterocycles. The molecule has 0 spiro atoms. The van der Waals surface area contributed by atoms with Crippen LogP contribution < -0.4 is 5.32 Å². The van der Waals surface area contributed by atoms with Gasteiger partial charge in [-0.25, -0.2) is 4.98 Å². The van der Waals surface area contributed by atoms with E-state index in [4.69, 9.17) is 11.6 Å². The average molecular weight is 301 g/mol. The summed E-state index contributed by atoms with van der Waals surface area (Å²) in [5.41, 5.74) is 1.04. The van der Waals surface area contributed by atoms with E-state index in [1.807, 2.05) is 18.3 Å². The third kappa shape index (κ3) is 1.65. The van der Waals surface area contributed by atoms with Gasteiger partial charge in [0.25, 0.3) is 0 Å². The third-order valence-corrected chi connectivity index (χ3v) is 3.83. The van der Waals surface area contributed by atoms with Crippen LogP contribution in [0.4, 0.5) is 0 Å². The van der Waals surface area contributed by atoms with Crippen LogP contribution in [0.5, 0.6) is 0 Å². The zero-order valence-corrected chi connectivity index (χ0v) is 10.9. The molecule has 5 heteroatoms. The van der Waals surface area contributed by atoms with Crippen molar-refractivity contribution >= 4 is 33.0 Å². The summed E-state index contributed by atoms with van der Waals surface area (Å²) >= 11 is 9.47. The fourth-order valence-electron chi connectivity index (χ4n) is 2.21. The molecule has 1 unspecified atom stereocenters. The van der Waals surface area contributed by atoms with Crippen molar-refractivity contribution in [3.05, 3.63) is 33.8 Å². The van der Waals surface area contributed by atoms with Crippen molar-refractivity contribution < 1.29 is 0 Å². The Labute approximate surface area is 107 Å². The van der Waals surface area contributed by atoms with Crippen molar-refractivity contribution in [2.75, 3.05) is 13.1 Å². The lowest BCUT2D eigenvalue weighted by Crippen LogP contribution is -2.10. The Balaban J connectivity index is 2.18. The van der Waals surface area contributed by atoms with Crippen molar-refractivity contribution in [3.63, 3.8) is 0 Å². The molecule has 3 rings (SSSR count). The highest BCUT2D eigenvalue weighted by Gasteiger charge is 2.22. The monoisotopic (exact) mass is 299 g/mol. The van der Waals surface area contributed by atoms with E-state index in [-0.39, 0.29) is 0 Å². The Kier molecular flexibility index (Phi) is 2.65. The highest BCUT2D eigenvalue weighted by atomic mass is 79.9. The van der Waals surface area contributed by atoms with Crippen LogP contribution in [0.15, 0.2) is 22.9 Å². The van der Waals surface area contributed by atoms with E-state index < -0.39 is 0 Å². The second-order valence-electron chi connectivity index (χ2n) is 4.05. The zero-order chi connectivity index (χ0) is 11.1. The van der Waals surface area contributed by atoms with Gasteiger partial charge >= 0.3 is 0 Å². The van der Waals surface area contributed by atoms with E-state index >= 15 is 0 Å². The largest absolute Gasteiger partial charge is 0.316 e. The maximum absolute atomic E-state index is 5.99. The lowest BCUT2D eigenvalue weighted by Gasteiger charge is -2.06. The molecule has 0 saturated carbocycles. The van der Waals surface area contributed by atoms with E-state index in [2.05, 4.69) is 30.6 Å². The first kappa shape index (κ1) is 10.6. The second-order valence-corrected chi connectivity index (χ2v) is 5.24. The quantitative estimate of drug-likeness (QED) is 0.877. The second kappa shape index (κ2) is 4.02. The van der Waals surface area contributed by atoms with E-state index in [9.17, 15) is 0 Å². The van der Waals surface area contributed by atoms with Crippen molar-refractivity contribution in [1.29, 1.82) is 0 Å². The first-order valence-electron chi connectivity index (χ1n) is 5.29. The predicted octanol–water partition coefficient (Wildman–Crippen LogP) is 2.83.